The Morgan fingerprint density at radius 2 is 0.651 bits per heavy atom. The molecule has 0 radical (unpaired) electrons. The Bertz CT molecular complexity index is 3440. The molecule has 0 atom stereocenters. The third kappa shape index (κ3) is 6.35. The van der Waals surface area contributed by atoms with Gasteiger partial charge in [-0.05, 0) is 88.8 Å². The van der Waals surface area contributed by atoms with E-state index in [1.807, 2.05) is 0 Å². The topological polar surface area (TPSA) is 25.8 Å². The Balaban J connectivity index is 1.13. The highest BCUT2D eigenvalue weighted by molar-refractivity contribution is 7.22. The molecule has 0 saturated carbocycles. The number of rotatable bonds is 8. The Labute approximate surface area is 375 Å². The average Bonchev–Trinajstić information content (AvgIpc) is 4.00. The van der Waals surface area contributed by atoms with Crippen molar-refractivity contribution in [2.24, 2.45) is 0 Å². The summed E-state index contributed by atoms with van der Waals surface area (Å²) < 4.78 is 2.40. The first kappa shape index (κ1) is 37.5. The summed E-state index contributed by atoms with van der Waals surface area (Å²) in [7, 11) is -2.85. The summed E-state index contributed by atoms with van der Waals surface area (Å²) in [6.07, 6.45) is 0. The normalized spacial score (nSPS) is 11.8. The molecule has 10 aromatic carbocycles. The summed E-state index contributed by atoms with van der Waals surface area (Å²) in [6, 6.07) is 85.0. The lowest BCUT2D eigenvalue weighted by atomic mass is 9.85. The molecular formula is C58H38N2S2Si. The van der Waals surface area contributed by atoms with Gasteiger partial charge in [-0.15, -0.1) is 22.7 Å². The highest BCUT2D eigenvalue weighted by Gasteiger charge is 2.41. The van der Waals surface area contributed by atoms with E-state index in [1.54, 1.807) is 22.7 Å². The maximum Gasteiger partial charge on any atom is 0.179 e. The second kappa shape index (κ2) is 15.6. The number of hydrogen-bond donors (Lipinski definition) is 0. The molecule has 5 heteroatoms. The van der Waals surface area contributed by atoms with Gasteiger partial charge in [0.25, 0.3) is 0 Å². The molecule has 0 fully saturated rings. The predicted molar refractivity (Wildman–Crippen MR) is 273 cm³/mol. The number of para-hydroxylation sites is 2. The van der Waals surface area contributed by atoms with E-state index in [4.69, 9.17) is 9.97 Å². The van der Waals surface area contributed by atoms with Crippen molar-refractivity contribution in [1.82, 2.24) is 9.97 Å². The van der Waals surface area contributed by atoms with Crippen molar-refractivity contribution in [1.29, 1.82) is 0 Å². The van der Waals surface area contributed by atoms with Gasteiger partial charge in [0.15, 0.2) is 8.07 Å². The number of aromatic nitrogens is 2. The standard InChI is InChI=1S/C58H38N2S2Si/c1-4-16-43(17-5-1)63(44-18-6-2-7-19-44,45-20-8-3-9-21-45)46-36-37-49-50(38-46)56(40-30-34-42(35-31-40)58-60-52-25-13-15-27-54(52)62-58)48-23-11-10-22-47(48)55(49)39-28-32-41(33-29-39)57-59-51-24-12-14-26-53(51)61-57/h1-38H. The third-order valence-corrected chi connectivity index (χ3v) is 19.5. The molecule has 12 rings (SSSR count). The van der Waals surface area contributed by atoms with Crippen molar-refractivity contribution in [3.8, 4) is 43.4 Å². The lowest BCUT2D eigenvalue weighted by Crippen LogP contribution is -2.74. The summed E-state index contributed by atoms with van der Waals surface area (Å²) >= 11 is 3.49. The molecule has 0 aliphatic carbocycles. The van der Waals surface area contributed by atoms with Crippen LogP contribution in [0, 0.1) is 0 Å². The van der Waals surface area contributed by atoms with E-state index in [2.05, 4.69) is 231 Å². The van der Waals surface area contributed by atoms with Crippen molar-refractivity contribution < 1.29 is 0 Å². The molecule has 12 aromatic rings. The first-order chi connectivity index (χ1) is 31.2. The van der Waals surface area contributed by atoms with E-state index >= 15 is 0 Å². The summed E-state index contributed by atoms with van der Waals surface area (Å²) in [5.41, 5.74) is 9.19. The molecule has 0 spiro atoms. The molecule has 0 aliphatic rings. The first-order valence-electron chi connectivity index (χ1n) is 21.3. The molecule has 0 bridgehead atoms. The van der Waals surface area contributed by atoms with E-state index in [0.717, 1.165) is 32.2 Å². The van der Waals surface area contributed by atoms with E-state index < -0.39 is 8.07 Å². The molecule has 2 nitrogen and oxygen atoms in total. The average molecular weight is 855 g/mol. The Kier molecular flexibility index (Phi) is 9.26. The van der Waals surface area contributed by atoms with Crippen LogP contribution in [-0.2, 0) is 0 Å². The second-order valence-corrected chi connectivity index (χ2v) is 21.9. The number of thiazole rings is 2. The van der Waals surface area contributed by atoms with Crippen LogP contribution in [0.1, 0.15) is 0 Å². The molecule has 2 aromatic heterocycles. The van der Waals surface area contributed by atoms with Crippen molar-refractivity contribution in [3.63, 3.8) is 0 Å². The second-order valence-electron chi connectivity index (χ2n) is 16.0. The van der Waals surface area contributed by atoms with Gasteiger partial charge in [0.1, 0.15) is 10.0 Å². The van der Waals surface area contributed by atoms with Crippen LogP contribution in [0.15, 0.2) is 231 Å². The number of benzene rings is 10. The van der Waals surface area contributed by atoms with Crippen molar-refractivity contribution >= 4 is 93.5 Å². The van der Waals surface area contributed by atoms with Crippen LogP contribution < -0.4 is 20.7 Å². The number of fused-ring (bicyclic) bond motifs is 4. The quantitative estimate of drug-likeness (QED) is 0.0864. The van der Waals surface area contributed by atoms with Crippen LogP contribution in [0.3, 0.4) is 0 Å². The van der Waals surface area contributed by atoms with Gasteiger partial charge in [0.2, 0.25) is 0 Å². The maximum atomic E-state index is 5.01. The Hall–Kier alpha value is -7.28. The van der Waals surface area contributed by atoms with Crippen LogP contribution in [-0.4, -0.2) is 18.0 Å². The zero-order valence-electron chi connectivity index (χ0n) is 34.2. The van der Waals surface area contributed by atoms with Gasteiger partial charge >= 0.3 is 0 Å². The van der Waals surface area contributed by atoms with Crippen molar-refractivity contribution in [2.75, 3.05) is 0 Å². The fourth-order valence-electron chi connectivity index (χ4n) is 9.65. The van der Waals surface area contributed by atoms with Gasteiger partial charge in [0, 0.05) is 11.1 Å². The summed E-state index contributed by atoms with van der Waals surface area (Å²) in [5, 5.41) is 12.4. The van der Waals surface area contributed by atoms with Crippen molar-refractivity contribution in [3.05, 3.63) is 231 Å². The van der Waals surface area contributed by atoms with E-state index in [9.17, 15) is 0 Å². The monoisotopic (exact) mass is 854 g/mol. The predicted octanol–water partition coefficient (Wildman–Crippen LogP) is 13.3. The molecule has 0 aliphatic heterocycles. The van der Waals surface area contributed by atoms with Crippen LogP contribution >= 0.6 is 22.7 Å². The third-order valence-electron chi connectivity index (χ3n) is 12.5. The minimum Gasteiger partial charge on any atom is -0.236 e. The molecule has 0 amide bonds. The summed E-state index contributed by atoms with van der Waals surface area (Å²) in [6.45, 7) is 0. The van der Waals surface area contributed by atoms with Gasteiger partial charge in [-0.1, -0.05) is 206 Å². The lowest BCUT2D eigenvalue weighted by molar-refractivity contribution is 1.48. The van der Waals surface area contributed by atoms with Gasteiger partial charge < -0.3 is 0 Å². The highest BCUT2D eigenvalue weighted by atomic mass is 32.1. The Morgan fingerprint density at radius 1 is 0.286 bits per heavy atom. The number of nitrogens with zero attached hydrogens (tertiary/aromatic N) is 2. The van der Waals surface area contributed by atoms with E-state index in [1.165, 1.54) is 73.9 Å². The van der Waals surface area contributed by atoms with Crippen LogP contribution in [0.25, 0.3) is 85.4 Å². The van der Waals surface area contributed by atoms with Crippen molar-refractivity contribution in [2.45, 2.75) is 0 Å². The smallest absolute Gasteiger partial charge is 0.179 e. The Morgan fingerprint density at radius 3 is 1.10 bits per heavy atom. The van der Waals surface area contributed by atoms with E-state index in [-0.39, 0.29) is 0 Å². The summed E-state index contributed by atoms with van der Waals surface area (Å²) in [5.74, 6) is 0. The molecule has 2 heterocycles. The lowest BCUT2D eigenvalue weighted by Gasteiger charge is -2.35. The number of hydrogen-bond acceptors (Lipinski definition) is 4. The zero-order chi connectivity index (χ0) is 41.7. The SMILES string of the molecule is c1ccc([Si](c2ccccc2)(c2ccccc2)c2ccc3c(-c4ccc(-c5nc6ccccc6s5)cc4)c4ccccc4c(-c4ccc(-c5nc6ccccc6s5)cc4)c3c2)cc1. The first-order valence-corrected chi connectivity index (χ1v) is 24.9. The van der Waals surface area contributed by atoms with Gasteiger partial charge in [-0.3, -0.25) is 0 Å². The highest BCUT2D eigenvalue weighted by Crippen LogP contribution is 2.45. The molecule has 63 heavy (non-hydrogen) atoms. The zero-order valence-corrected chi connectivity index (χ0v) is 36.8. The van der Waals surface area contributed by atoms with Gasteiger partial charge in [-0.25, -0.2) is 9.97 Å². The fraction of sp³-hybridized carbons (Fsp3) is 0. The molecule has 0 N–H and O–H groups in total. The minimum atomic E-state index is -2.85. The van der Waals surface area contributed by atoms with Gasteiger partial charge in [0.05, 0.1) is 20.4 Å². The van der Waals surface area contributed by atoms with Crippen LogP contribution in [0.2, 0.25) is 0 Å². The van der Waals surface area contributed by atoms with Gasteiger partial charge in [-0.2, -0.15) is 0 Å². The van der Waals surface area contributed by atoms with E-state index in [0.29, 0.717) is 0 Å². The molecule has 296 valence electrons. The largest absolute Gasteiger partial charge is 0.236 e. The fourth-order valence-corrected chi connectivity index (χ4v) is 16.4. The molecular weight excluding hydrogens is 817 g/mol. The molecule has 0 unspecified atom stereocenters. The minimum absolute atomic E-state index is 1.04. The van der Waals surface area contributed by atoms with Crippen LogP contribution in [0.5, 0.6) is 0 Å². The maximum absolute atomic E-state index is 5.01. The van der Waals surface area contributed by atoms with Crippen LogP contribution in [0.4, 0.5) is 0 Å². The molecule has 0 saturated heterocycles. The summed E-state index contributed by atoms with van der Waals surface area (Å²) in [4.78, 5) is 10.0.